The third kappa shape index (κ3) is 6.57. The van der Waals surface area contributed by atoms with Crippen molar-refractivity contribution in [3.63, 3.8) is 0 Å². The fourth-order valence-electron chi connectivity index (χ4n) is 3.45. The van der Waals surface area contributed by atoms with E-state index in [1.165, 1.54) is 58.8 Å². The third-order valence-corrected chi connectivity index (χ3v) is 5.26. The number of carbonyl (C=O) groups is 1. The fraction of sp³-hybridized carbons (Fsp3) is 0.148. The van der Waals surface area contributed by atoms with Gasteiger partial charge >= 0.3 is 5.69 Å². The molecule has 0 aliphatic heterocycles. The molecule has 37 heavy (non-hydrogen) atoms. The van der Waals surface area contributed by atoms with Gasteiger partial charge in [-0.2, -0.15) is 0 Å². The Bertz CT molecular complexity index is 1340. The molecule has 0 aromatic heterocycles. The molecule has 192 valence electrons. The second kappa shape index (κ2) is 12.1. The number of hydrogen-bond donors (Lipinski definition) is 2. The Hall–Kier alpha value is -4.99. The molecule has 0 bridgehead atoms. The van der Waals surface area contributed by atoms with Gasteiger partial charge in [0.15, 0.2) is 17.2 Å². The van der Waals surface area contributed by atoms with E-state index in [1.807, 2.05) is 6.08 Å². The number of hydrogen-bond acceptors (Lipinski definition) is 8. The van der Waals surface area contributed by atoms with Crippen LogP contribution in [0.15, 0.2) is 54.6 Å². The molecular formula is C27H26N2O8. The van der Waals surface area contributed by atoms with E-state index in [-0.39, 0.29) is 22.9 Å². The number of aromatic hydroxyl groups is 1. The van der Waals surface area contributed by atoms with Crippen molar-refractivity contribution in [2.75, 3.05) is 33.8 Å². The van der Waals surface area contributed by atoms with Gasteiger partial charge in [0.25, 0.3) is 0 Å². The summed E-state index contributed by atoms with van der Waals surface area (Å²) in [5.74, 6) is 0.969. The molecule has 0 saturated carbocycles. The lowest BCUT2D eigenvalue weighted by Gasteiger charge is -2.12. The number of benzene rings is 3. The molecule has 1 amide bonds. The zero-order chi connectivity index (χ0) is 26.9. The molecule has 10 nitrogen and oxygen atoms in total. The highest BCUT2D eigenvalue weighted by Crippen LogP contribution is 2.38. The molecule has 0 atom stereocenters. The summed E-state index contributed by atoms with van der Waals surface area (Å²) in [4.78, 5) is 23.1. The van der Waals surface area contributed by atoms with Gasteiger partial charge in [0, 0.05) is 12.1 Å². The molecule has 3 aromatic rings. The van der Waals surface area contributed by atoms with Crippen LogP contribution < -0.4 is 24.3 Å². The molecule has 0 unspecified atom stereocenters. The maximum Gasteiger partial charge on any atom is 0.311 e. The average molecular weight is 507 g/mol. The highest BCUT2D eigenvalue weighted by atomic mass is 16.6. The number of phenols is 1. The van der Waals surface area contributed by atoms with Gasteiger partial charge in [-0.05, 0) is 53.1 Å². The summed E-state index contributed by atoms with van der Waals surface area (Å²) in [6.07, 6.45) is 6.25. The predicted molar refractivity (Wildman–Crippen MR) is 140 cm³/mol. The Morgan fingerprint density at radius 3 is 2.00 bits per heavy atom. The normalized spacial score (nSPS) is 10.9. The number of methoxy groups -OCH3 is 4. The molecular weight excluding hydrogens is 480 g/mol. The first-order valence-electron chi connectivity index (χ1n) is 10.9. The lowest BCUT2D eigenvalue weighted by molar-refractivity contribution is -0.385. The maximum atomic E-state index is 12.4. The summed E-state index contributed by atoms with van der Waals surface area (Å²) >= 11 is 0. The van der Waals surface area contributed by atoms with E-state index in [2.05, 4.69) is 5.32 Å². The van der Waals surface area contributed by atoms with Gasteiger partial charge < -0.3 is 29.4 Å². The zero-order valence-corrected chi connectivity index (χ0v) is 20.7. The number of phenolic OH excluding ortho intramolecular Hbond substituents is 1. The summed E-state index contributed by atoms with van der Waals surface area (Å²) in [7, 11) is 5.93. The van der Waals surface area contributed by atoms with Gasteiger partial charge in [-0.15, -0.1) is 0 Å². The van der Waals surface area contributed by atoms with Crippen LogP contribution in [0.5, 0.6) is 28.7 Å². The van der Waals surface area contributed by atoms with Crippen LogP contribution in [0.1, 0.15) is 16.7 Å². The summed E-state index contributed by atoms with van der Waals surface area (Å²) < 4.78 is 21.0. The van der Waals surface area contributed by atoms with Crippen molar-refractivity contribution >= 4 is 35.5 Å². The van der Waals surface area contributed by atoms with E-state index in [0.29, 0.717) is 28.4 Å². The Kier molecular flexibility index (Phi) is 8.71. The first-order chi connectivity index (χ1) is 17.8. The van der Waals surface area contributed by atoms with Crippen LogP contribution in [-0.2, 0) is 4.79 Å². The number of ether oxygens (including phenoxy) is 4. The quantitative estimate of drug-likeness (QED) is 0.127. The molecule has 0 fully saturated rings. The molecule has 0 aliphatic rings. The second-order valence-electron chi connectivity index (χ2n) is 7.58. The van der Waals surface area contributed by atoms with Gasteiger partial charge in [-0.1, -0.05) is 24.3 Å². The predicted octanol–water partition coefficient (Wildman–Crippen LogP) is 5.16. The summed E-state index contributed by atoms with van der Waals surface area (Å²) in [5, 5.41) is 24.0. The average Bonchev–Trinajstić information content (AvgIpc) is 2.91. The van der Waals surface area contributed by atoms with Gasteiger partial charge in [-0.3, -0.25) is 14.9 Å². The summed E-state index contributed by atoms with van der Waals surface area (Å²) in [5.41, 5.74) is 1.91. The van der Waals surface area contributed by atoms with E-state index < -0.39 is 10.8 Å². The van der Waals surface area contributed by atoms with Crippen molar-refractivity contribution in [3.8, 4) is 28.7 Å². The molecule has 10 heteroatoms. The molecule has 0 spiro atoms. The number of nitrogens with zero attached hydrogens (tertiary/aromatic N) is 1. The van der Waals surface area contributed by atoms with Crippen LogP contribution in [0.3, 0.4) is 0 Å². The number of amides is 1. The van der Waals surface area contributed by atoms with Crippen LogP contribution in [0, 0.1) is 10.1 Å². The Balaban J connectivity index is 1.77. The lowest BCUT2D eigenvalue weighted by Crippen LogP contribution is -2.08. The van der Waals surface area contributed by atoms with Gasteiger partial charge in [0.1, 0.15) is 5.75 Å². The Labute approximate surface area is 213 Å². The van der Waals surface area contributed by atoms with E-state index >= 15 is 0 Å². The molecule has 0 aliphatic carbocycles. The smallest absolute Gasteiger partial charge is 0.311 e. The van der Waals surface area contributed by atoms with Gasteiger partial charge in [-0.25, -0.2) is 0 Å². The highest BCUT2D eigenvalue weighted by Gasteiger charge is 2.15. The first-order valence-corrected chi connectivity index (χ1v) is 10.9. The van der Waals surface area contributed by atoms with Crippen molar-refractivity contribution < 1.29 is 33.8 Å². The van der Waals surface area contributed by atoms with Crippen LogP contribution >= 0.6 is 0 Å². The van der Waals surface area contributed by atoms with Crippen molar-refractivity contribution in [2.24, 2.45) is 0 Å². The SMILES string of the molecule is COc1ccc(/C=C/C(=O)Nc2cc(/C=C/c3cc(OC)c(OC)c(OC)c3)ccc2O)cc1[N+](=O)[O-]. The fourth-order valence-corrected chi connectivity index (χ4v) is 3.45. The van der Waals surface area contributed by atoms with Crippen molar-refractivity contribution in [2.45, 2.75) is 0 Å². The molecule has 2 N–H and O–H groups in total. The highest BCUT2D eigenvalue weighted by molar-refractivity contribution is 6.03. The van der Waals surface area contributed by atoms with Gasteiger partial charge in [0.2, 0.25) is 11.7 Å². The van der Waals surface area contributed by atoms with Crippen LogP contribution in [0.25, 0.3) is 18.2 Å². The number of nitrogens with one attached hydrogen (secondary N) is 1. The summed E-state index contributed by atoms with van der Waals surface area (Å²) in [6.45, 7) is 0. The van der Waals surface area contributed by atoms with Crippen LogP contribution in [0.4, 0.5) is 11.4 Å². The molecule has 0 radical (unpaired) electrons. The molecule has 0 saturated heterocycles. The maximum absolute atomic E-state index is 12.4. The topological polar surface area (TPSA) is 129 Å². The van der Waals surface area contributed by atoms with E-state index in [0.717, 1.165) is 5.56 Å². The van der Waals surface area contributed by atoms with E-state index in [9.17, 15) is 20.0 Å². The lowest BCUT2D eigenvalue weighted by atomic mass is 10.1. The van der Waals surface area contributed by atoms with E-state index in [1.54, 1.807) is 36.4 Å². The monoisotopic (exact) mass is 506 g/mol. The minimum absolute atomic E-state index is 0.118. The number of carbonyl (C=O) groups excluding carboxylic acids is 1. The van der Waals surface area contributed by atoms with Crippen molar-refractivity contribution in [3.05, 3.63) is 81.4 Å². The minimum Gasteiger partial charge on any atom is -0.506 e. The van der Waals surface area contributed by atoms with Crippen LogP contribution in [-0.4, -0.2) is 44.4 Å². The minimum atomic E-state index is -0.564. The molecule has 3 rings (SSSR count). The number of anilines is 1. The first kappa shape index (κ1) is 26.6. The molecule has 0 heterocycles. The number of rotatable bonds is 10. The standard InChI is InChI=1S/C27H26N2O8/c1-34-23-11-8-18(14-21(23)29(32)33)9-12-26(31)28-20-13-17(7-10-22(20)30)5-6-19-15-24(35-2)27(37-4)25(16-19)36-3/h5-16,30H,1-4H3,(H,28,31)/b6-5+,12-9+. The zero-order valence-electron chi connectivity index (χ0n) is 20.7. The van der Waals surface area contributed by atoms with Gasteiger partial charge in [0.05, 0.1) is 39.0 Å². The second-order valence-corrected chi connectivity index (χ2v) is 7.58. The Morgan fingerprint density at radius 1 is 0.811 bits per heavy atom. The summed E-state index contributed by atoms with van der Waals surface area (Å²) in [6, 6.07) is 12.7. The largest absolute Gasteiger partial charge is 0.506 e. The number of nitro groups is 1. The van der Waals surface area contributed by atoms with Crippen LogP contribution in [0.2, 0.25) is 0 Å². The van der Waals surface area contributed by atoms with Crippen molar-refractivity contribution in [1.29, 1.82) is 0 Å². The third-order valence-electron chi connectivity index (χ3n) is 5.26. The molecule has 3 aromatic carbocycles. The number of nitro benzene ring substituents is 1. The van der Waals surface area contributed by atoms with E-state index in [4.69, 9.17) is 18.9 Å². The van der Waals surface area contributed by atoms with Crippen molar-refractivity contribution in [1.82, 2.24) is 0 Å². The Morgan fingerprint density at radius 2 is 1.41 bits per heavy atom.